The molecule has 4 nitrogen and oxygen atoms in total. The van der Waals surface area contributed by atoms with Gasteiger partial charge in [-0.25, -0.2) is 0 Å². The van der Waals surface area contributed by atoms with Crippen molar-refractivity contribution in [2.75, 3.05) is 27.3 Å². The lowest BCUT2D eigenvalue weighted by Gasteiger charge is -2.28. The van der Waals surface area contributed by atoms with Crippen molar-refractivity contribution in [1.82, 2.24) is 4.90 Å². The molecule has 0 aromatic rings. The largest absolute Gasteiger partial charge is 0.377 e. The van der Waals surface area contributed by atoms with Crippen LogP contribution in [0.25, 0.3) is 0 Å². The summed E-state index contributed by atoms with van der Waals surface area (Å²) < 4.78 is 10.8. The zero-order valence-corrected chi connectivity index (χ0v) is 10.3. The van der Waals surface area contributed by atoms with Crippen LogP contribution >= 0.6 is 0 Å². The molecule has 1 saturated heterocycles. The molecule has 4 atom stereocenters. The third-order valence-corrected chi connectivity index (χ3v) is 3.52. The van der Waals surface area contributed by atoms with E-state index in [9.17, 15) is 0 Å². The van der Waals surface area contributed by atoms with E-state index < -0.39 is 0 Å². The maximum absolute atomic E-state index is 6.05. The minimum atomic E-state index is 0.182. The molecule has 4 heteroatoms. The lowest BCUT2D eigenvalue weighted by molar-refractivity contribution is -0.00461. The second-order valence-electron chi connectivity index (χ2n) is 4.31. The summed E-state index contributed by atoms with van der Waals surface area (Å²) in [6.45, 7) is 6.14. The molecule has 1 fully saturated rings. The minimum Gasteiger partial charge on any atom is -0.377 e. The van der Waals surface area contributed by atoms with Gasteiger partial charge in [0.15, 0.2) is 0 Å². The van der Waals surface area contributed by atoms with Gasteiger partial charge in [0.1, 0.15) is 0 Å². The highest BCUT2D eigenvalue weighted by Crippen LogP contribution is 2.19. The Kier molecular flexibility index (Phi) is 4.99. The Morgan fingerprint density at radius 1 is 1.27 bits per heavy atom. The molecule has 0 radical (unpaired) electrons. The predicted molar refractivity (Wildman–Crippen MR) is 60.9 cm³/mol. The van der Waals surface area contributed by atoms with Crippen molar-refractivity contribution in [3.63, 3.8) is 0 Å². The highest BCUT2D eigenvalue weighted by atomic mass is 16.5. The number of likely N-dealkylation sites (tertiary alicyclic amines) is 1. The first-order chi connectivity index (χ1) is 7.13. The van der Waals surface area contributed by atoms with Crippen LogP contribution in [0, 0.1) is 0 Å². The summed E-state index contributed by atoms with van der Waals surface area (Å²) in [5.41, 5.74) is 6.05. The van der Waals surface area contributed by atoms with Crippen LogP contribution in [0.3, 0.4) is 0 Å². The Bertz CT molecular complexity index is 177. The molecule has 0 spiro atoms. The third kappa shape index (κ3) is 2.91. The monoisotopic (exact) mass is 216 g/mol. The van der Waals surface area contributed by atoms with Crippen LogP contribution in [0.4, 0.5) is 0 Å². The van der Waals surface area contributed by atoms with E-state index in [0.29, 0.717) is 6.04 Å². The lowest BCUT2D eigenvalue weighted by Crippen LogP contribution is -2.45. The summed E-state index contributed by atoms with van der Waals surface area (Å²) in [4.78, 5) is 2.36. The van der Waals surface area contributed by atoms with E-state index in [2.05, 4.69) is 18.7 Å². The Labute approximate surface area is 92.7 Å². The average molecular weight is 216 g/mol. The summed E-state index contributed by atoms with van der Waals surface area (Å²) in [7, 11) is 3.48. The first-order valence-electron chi connectivity index (χ1n) is 5.69. The van der Waals surface area contributed by atoms with Crippen LogP contribution in [0.15, 0.2) is 0 Å². The molecular formula is C11H24N2O2. The van der Waals surface area contributed by atoms with Crippen LogP contribution in [-0.2, 0) is 9.47 Å². The second kappa shape index (κ2) is 5.80. The number of nitrogens with two attached hydrogens (primary N) is 1. The molecule has 4 unspecified atom stereocenters. The molecule has 0 saturated carbocycles. The van der Waals surface area contributed by atoms with Gasteiger partial charge >= 0.3 is 0 Å². The predicted octanol–water partition coefficient (Wildman–Crippen LogP) is 0.458. The quantitative estimate of drug-likeness (QED) is 0.725. The van der Waals surface area contributed by atoms with E-state index >= 15 is 0 Å². The van der Waals surface area contributed by atoms with Gasteiger partial charge < -0.3 is 15.2 Å². The fraction of sp³-hybridized carbons (Fsp3) is 1.00. The first-order valence-corrected chi connectivity index (χ1v) is 5.69. The summed E-state index contributed by atoms with van der Waals surface area (Å²) in [5, 5.41) is 0. The van der Waals surface area contributed by atoms with Crippen molar-refractivity contribution >= 4 is 0 Å². The minimum absolute atomic E-state index is 0.182. The summed E-state index contributed by atoms with van der Waals surface area (Å²) in [5.74, 6) is 0. The van der Waals surface area contributed by atoms with Crippen LogP contribution < -0.4 is 5.73 Å². The summed E-state index contributed by atoms with van der Waals surface area (Å²) in [6.07, 6.45) is 1.37. The van der Waals surface area contributed by atoms with Gasteiger partial charge in [-0.2, -0.15) is 0 Å². The highest BCUT2D eigenvalue weighted by Gasteiger charge is 2.36. The molecule has 0 aliphatic carbocycles. The zero-order valence-electron chi connectivity index (χ0n) is 10.3. The van der Waals surface area contributed by atoms with Crippen molar-refractivity contribution in [2.24, 2.45) is 5.73 Å². The molecule has 0 aromatic heterocycles. The molecule has 1 heterocycles. The van der Waals surface area contributed by atoms with Gasteiger partial charge in [0.25, 0.3) is 0 Å². The first kappa shape index (κ1) is 12.9. The van der Waals surface area contributed by atoms with Gasteiger partial charge in [-0.05, 0) is 13.3 Å². The second-order valence-corrected chi connectivity index (χ2v) is 4.31. The van der Waals surface area contributed by atoms with Gasteiger partial charge in [0, 0.05) is 39.4 Å². The molecule has 0 bridgehead atoms. The molecule has 0 aromatic carbocycles. The van der Waals surface area contributed by atoms with Crippen LogP contribution in [0.2, 0.25) is 0 Å². The van der Waals surface area contributed by atoms with Gasteiger partial charge in [0.2, 0.25) is 0 Å². The van der Waals surface area contributed by atoms with E-state index in [4.69, 9.17) is 15.2 Å². The van der Waals surface area contributed by atoms with Crippen LogP contribution in [-0.4, -0.2) is 56.5 Å². The van der Waals surface area contributed by atoms with Crippen molar-refractivity contribution in [2.45, 2.75) is 44.6 Å². The maximum Gasteiger partial charge on any atom is 0.0971 e. The van der Waals surface area contributed by atoms with Crippen molar-refractivity contribution in [3.8, 4) is 0 Å². The highest BCUT2D eigenvalue weighted by molar-refractivity contribution is 4.90. The molecule has 15 heavy (non-hydrogen) atoms. The van der Waals surface area contributed by atoms with E-state index in [1.165, 1.54) is 0 Å². The standard InChI is InChI=1S/C11H24N2O2/c1-5-9(12)8(2)13-6-10(14-3)11(7-13)15-4/h8-11H,5-7,12H2,1-4H3. The average Bonchev–Trinajstić information content (AvgIpc) is 2.69. The normalized spacial score (nSPS) is 31.8. The number of methoxy groups -OCH3 is 2. The molecule has 0 amide bonds. The smallest absolute Gasteiger partial charge is 0.0971 e. The molecule has 1 aliphatic heterocycles. The summed E-state index contributed by atoms with van der Waals surface area (Å²) >= 11 is 0. The van der Waals surface area contributed by atoms with E-state index in [1.807, 2.05) is 0 Å². The van der Waals surface area contributed by atoms with Gasteiger partial charge in [0.05, 0.1) is 12.2 Å². The molecular weight excluding hydrogens is 192 g/mol. The SMILES string of the molecule is CCC(N)C(C)N1CC(OC)C(OC)C1. The fourth-order valence-corrected chi connectivity index (χ4v) is 2.17. The van der Waals surface area contributed by atoms with Crippen molar-refractivity contribution < 1.29 is 9.47 Å². The van der Waals surface area contributed by atoms with Crippen LogP contribution in [0.5, 0.6) is 0 Å². The number of ether oxygens (including phenoxy) is 2. The Balaban J connectivity index is 2.52. The fourth-order valence-electron chi connectivity index (χ4n) is 2.17. The number of rotatable bonds is 5. The van der Waals surface area contributed by atoms with Gasteiger partial charge in [-0.15, -0.1) is 0 Å². The van der Waals surface area contributed by atoms with Crippen LogP contribution in [0.1, 0.15) is 20.3 Å². The molecule has 90 valence electrons. The Morgan fingerprint density at radius 2 is 1.73 bits per heavy atom. The Morgan fingerprint density at radius 3 is 2.07 bits per heavy atom. The van der Waals surface area contributed by atoms with E-state index in [1.54, 1.807) is 14.2 Å². The third-order valence-electron chi connectivity index (χ3n) is 3.52. The van der Waals surface area contributed by atoms with Gasteiger partial charge in [-0.3, -0.25) is 4.90 Å². The van der Waals surface area contributed by atoms with E-state index in [-0.39, 0.29) is 18.2 Å². The number of hydrogen-bond donors (Lipinski definition) is 1. The molecule has 1 rings (SSSR count). The molecule has 1 aliphatic rings. The topological polar surface area (TPSA) is 47.7 Å². The lowest BCUT2D eigenvalue weighted by atomic mass is 10.1. The zero-order chi connectivity index (χ0) is 11.4. The summed E-state index contributed by atoms with van der Waals surface area (Å²) in [6, 6.07) is 0.630. The van der Waals surface area contributed by atoms with Crippen molar-refractivity contribution in [1.29, 1.82) is 0 Å². The van der Waals surface area contributed by atoms with Gasteiger partial charge in [-0.1, -0.05) is 6.92 Å². The van der Waals surface area contributed by atoms with E-state index in [0.717, 1.165) is 19.5 Å². The Hall–Kier alpha value is -0.160. The number of nitrogens with zero attached hydrogens (tertiary/aromatic N) is 1. The molecule has 2 N–H and O–H groups in total. The number of hydrogen-bond acceptors (Lipinski definition) is 4. The van der Waals surface area contributed by atoms with Crippen molar-refractivity contribution in [3.05, 3.63) is 0 Å². The maximum atomic E-state index is 6.05.